The third-order valence-electron chi connectivity index (χ3n) is 3.18. The van der Waals surface area contributed by atoms with Gasteiger partial charge < -0.3 is 5.32 Å². The van der Waals surface area contributed by atoms with E-state index < -0.39 is 11.6 Å². The number of thioether (sulfide) groups is 1. The largest absolute Gasteiger partial charge is 0.309 e. The minimum atomic E-state index is -0.534. The second kappa shape index (κ2) is 7.57. The average molecular weight is 307 g/mol. The summed E-state index contributed by atoms with van der Waals surface area (Å²) in [6, 6.07) is 11.9. The molecule has 0 fully saturated rings. The molecular formula is C17H19F2NS. The summed E-state index contributed by atoms with van der Waals surface area (Å²) in [5, 5.41) is 3.28. The fourth-order valence-electron chi connectivity index (χ4n) is 2.11. The highest BCUT2D eigenvalue weighted by Gasteiger charge is 2.13. The maximum absolute atomic E-state index is 13.4. The van der Waals surface area contributed by atoms with E-state index in [4.69, 9.17) is 0 Å². The molecule has 0 aliphatic heterocycles. The molecule has 4 heteroatoms. The summed E-state index contributed by atoms with van der Waals surface area (Å²) in [5.74, 6) is -0.346. The molecule has 1 atom stereocenters. The molecule has 2 aromatic carbocycles. The van der Waals surface area contributed by atoms with E-state index in [1.807, 2.05) is 13.8 Å². The van der Waals surface area contributed by atoms with Gasteiger partial charge >= 0.3 is 0 Å². The molecule has 0 aliphatic carbocycles. The molecule has 1 unspecified atom stereocenters. The van der Waals surface area contributed by atoms with Gasteiger partial charge in [0.15, 0.2) is 0 Å². The first-order chi connectivity index (χ1) is 10.1. The van der Waals surface area contributed by atoms with Crippen molar-refractivity contribution in [3.05, 3.63) is 65.2 Å². The Bertz CT molecular complexity index is 564. The zero-order valence-corrected chi connectivity index (χ0v) is 13.0. The number of hydrogen-bond donors (Lipinski definition) is 1. The molecule has 0 amide bonds. The second-order valence-corrected chi connectivity index (χ2v) is 6.03. The summed E-state index contributed by atoms with van der Waals surface area (Å²) >= 11 is 1.68. The molecule has 21 heavy (non-hydrogen) atoms. The van der Waals surface area contributed by atoms with Crippen molar-refractivity contribution in [2.45, 2.75) is 24.8 Å². The highest BCUT2D eigenvalue weighted by Crippen LogP contribution is 2.26. The van der Waals surface area contributed by atoms with Crippen molar-refractivity contribution in [2.24, 2.45) is 0 Å². The predicted octanol–water partition coefficient (Wildman–Crippen LogP) is 4.72. The monoisotopic (exact) mass is 307 g/mol. The highest BCUT2D eigenvalue weighted by molar-refractivity contribution is 7.99. The van der Waals surface area contributed by atoms with Gasteiger partial charge in [-0.25, -0.2) is 8.78 Å². The van der Waals surface area contributed by atoms with E-state index in [-0.39, 0.29) is 6.04 Å². The number of benzene rings is 2. The third kappa shape index (κ3) is 4.83. The zero-order valence-electron chi connectivity index (χ0n) is 12.2. The lowest BCUT2D eigenvalue weighted by Gasteiger charge is -2.18. The fourth-order valence-corrected chi connectivity index (χ4v) is 3.11. The molecule has 2 aromatic rings. The summed E-state index contributed by atoms with van der Waals surface area (Å²) in [6.07, 6.45) is 0. The Morgan fingerprint density at radius 1 is 1.05 bits per heavy atom. The van der Waals surface area contributed by atoms with Crippen LogP contribution in [0.3, 0.4) is 0 Å². The van der Waals surface area contributed by atoms with Crippen molar-refractivity contribution >= 4 is 11.8 Å². The summed E-state index contributed by atoms with van der Waals surface area (Å²) in [5.41, 5.74) is 1.86. The number of halogens is 2. The van der Waals surface area contributed by atoms with Crippen LogP contribution >= 0.6 is 11.8 Å². The van der Waals surface area contributed by atoms with Gasteiger partial charge in [0.25, 0.3) is 0 Å². The predicted molar refractivity (Wildman–Crippen MR) is 84.7 cm³/mol. The van der Waals surface area contributed by atoms with Crippen LogP contribution in [0.15, 0.2) is 47.4 Å². The van der Waals surface area contributed by atoms with Crippen molar-refractivity contribution in [2.75, 3.05) is 12.3 Å². The normalized spacial score (nSPS) is 12.4. The van der Waals surface area contributed by atoms with Gasteiger partial charge in [-0.05, 0) is 43.3 Å². The maximum atomic E-state index is 13.4. The lowest BCUT2D eigenvalue weighted by Crippen LogP contribution is -2.23. The van der Waals surface area contributed by atoms with E-state index in [1.165, 1.54) is 17.7 Å². The molecule has 0 radical (unpaired) electrons. The van der Waals surface area contributed by atoms with Gasteiger partial charge in [-0.15, -0.1) is 11.8 Å². The fraction of sp³-hybridized carbons (Fsp3) is 0.294. The Kier molecular flexibility index (Phi) is 5.76. The molecule has 0 heterocycles. The van der Waals surface area contributed by atoms with Crippen molar-refractivity contribution < 1.29 is 8.78 Å². The van der Waals surface area contributed by atoms with Crippen molar-refractivity contribution in [1.82, 2.24) is 5.32 Å². The quantitative estimate of drug-likeness (QED) is 0.775. The molecule has 1 N–H and O–H groups in total. The molecule has 0 aromatic heterocycles. The number of hydrogen-bond acceptors (Lipinski definition) is 2. The number of nitrogens with one attached hydrogen (secondary N) is 1. The van der Waals surface area contributed by atoms with Gasteiger partial charge in [0.2, 0.25) is 0 Å². The molecular weight excluding hydrogens is 288 g/mol. The molecule has 0 bridgehead atoms. The van der Waals surface area contributed by atoms with Crippen LogP contribution in [-0.4, -0.2) is 12.3 Å². The Labute approximate surface area is 128 Å². The SMILES string of the molecule is CCNC(CSc1ccc(C)cc1)c1cc(F)cc(F)c1. The summed E-state index contributed by atoms with van der Waals surface area (Å²) < 4.78 is 26.7. The molecule has 0 aliphatic rings. The van der Waals surface area contributed by atoms with Crippen LogP contribution in [0.1, 0.15) is 24.1 Å². The summed E-state index contributed by atoms with van der Waals surface area (Å²) in [7, 11) is 0. The molecule has 0 saturated carbocycles. The van der Waals surface area contributed by atoms with Gasteiger partial charge in [0, 0.05) is 22.8 Å². The van der Waals surface area contributed by atoms with E-state index >= 15 is 0 Å². The lowest BCUT2D eigenvalue weighted by atomic mass is 10.1. The first kappa shape index (κ1) is 16.0. The van der Waals surface area contributed by atoms with Crippen LogP contribution in [0.4, 0.5) is 8.78 Å². The van der Waals surface area contributed by atoms with E-state index in [2.05, 4.69) is 29.6 Å². The van der Waals surface area contributed by atoms with Crippen molar-refractivity contribution in [1.29, 1.82) is 0 Å². The van der Waals surface area contributed by atoms with Crippen molar-refractivity contribution in [3.63, 3.8) is 0 Å². The molecule has 1 nitrogen and oxygen atoms in total. The second-order valence-electron chi connectivity index (χ2n) is 4.94. The van der Waals surface area contributed by atoms with Crippen LogP contribution in [0.2, 0.25) is 0 Å². The highest BCUT2D eigenvalue weighted by atomic mass is 32.2. The standard InChI is InChI=1S/C17H19F2NS/c1-3-20-17(13-8-14(18)10-15(19)9-13)11-21-16-6-4-12(2)5-7-16/h4-10,17,20H,3,11H2,1-2H3. The van der Waals surface area contributed by atoms with Crippen LogP contribution in [0.25, 0.3) is 0 Å². The summed E-state index contributed by atoms with van der Waals surface area (Å²) in [6.45, 7) is 4.78. The van der Waals surface area contributed by atoms with E-state index in [0.29, 0.717) is 5.56 Å². The smallest absolute Gasteiger partial charge is 0.126 e. The van der Waals surface area contributed by atoms with Gasteiger partial charge in [-0.2, -0.15) is 0 Å². The van der Waals surface area contributed by atoms with Crippen LogP contribution in [0.5, 0.6) is 0 Å². The zero-order chi connectivity index (χ0) is 15.2. The Hall–Kier alpha value is -1.39. The van der Waals surface area contributed by atoms with Crippen LogP contribution in [0, 0.1) is 18.6 Å². The van der Waals surface area contributed by atoms with Crippen molar-refractivity contribution in [3.8, 4) is 0 Å². The van der Waals surface area contributed by atoms with E-state index in [9.17, 15) is 8.78 Å². The third-order valence-corrected chi connectivity index (χ3v) is 4.28. The Morgan fingerprint density at radius 2 is 1.67 bits per heavy atom. The van der Waals surface area contributed by atoms with Gasteiger partial charge in [-0.3, -0.25) is 0 Å². The van der Waals surface area contributed by atoms with Gasteiger partial charge in [-0.1, -0.05) is 24.6 Å². The first-order valence-electron chi connectivity index (χ1n) is 6.97. The molecule has 0 spiro atoms. The first-order valence-corrected chi connectivity index (χ1v) is 7.96. The molecule has 0 saturated heterocycles. The average Bonchev–Trinajstić information content (AvgIpc) is 2.44. The topological polar surface area (TPSA) is 12.0 Å². The Balaban J connectivity index is 2.09. The van der Waals surface area contributed by atoms with Gasteiger partial charge in [0.05, 0.1) is 0 Å². The lowest BCUT2D eigenvalue weighted by molar-refractivity contribution is 0.558. The Morgan fingerprint density at radius 3 is 2.24 bits per heavy atom. The molecule has 112 valence electrons. The van der Waals surface area contributed by atoms with E-state index in [1.54, 1.807) is 11.8 Å². The van der Waals surface area contributed by atoms with Gasteiger partial charge in [0.1, 0.15) is 11.6 Å². The minimum Gasteiger partial charge on any atom is -0.309 e. The minimum absolute atomic E-state index is 0.0773. The van der Waals surface area contributed by atoms with E-state index in [0.717, 1.165) is 23.3 Å². The number of rotatable bonds is 6. The molecule has 2 rings (SSSR count). The van der Waals surface area contributed by atoms with Crippen LogP contribution < -0.4 is 5.32 Å². The summed E-state index contributed by atoms with van der Waals surface area (Å²) in [4.78, 5) is 1.15. The maximum Gasteiger partial charge on any atom is 0.126 e. The number of aryl methyl sites for hydroxylation is 1. The van der Waals surface area contributed by atoms with Crippen LogP contribution in [-0.2, 0) is 0 Å².